The second kappa shape index (κ2) is 19.3. The number of carboxylic acids is 1. The quantitative estimate of drug-likeness (QED) is 0.0712. The Morgan fingerprint density at radius 1 is 0.846 bits per heavy atom. The smallest absolute Gasteiger partial charge is 0.409 e. The standard InChI is InChI=1S/C39H70N2O10Si/c1-26(2)29(22-28-18-19-30(47-14)31(23-28)48-21-17-20-46-13)24-32(40-34(44)49-36(4,5)6)39(25-27(3)33(42)43,41-35(45)50-37(7,8)9)51-52(15,16)38(10,11)12/h18-19,23,26-27,29,32H,17,20-22,24-25H2,1-16H3,(H,40,44)(H,41,45)(H,42,43)/t27-,29+,32+,39+/m1/s1. The minimum atomic E-state index is -2.81. The van der Waals surface area contributed by atoms with Gasteiger partial charge >= 0.3 is 18.2 Å². The first-order valence-electron chi connectivity index (χ1n) is 18.4. The maximum Gasteiger partial charge on any atom is 0.409 e. The number of amides is 2. The van der Waals surface area contributed by atoms with Crippen LogP contribution in [0, 0.1) is 17.8 Å². The Balaban J connectivity index is 3.99. The maximum atomic E-state index is 13.8. The minimum absolute atomic E-state index is 0.0834. The zero-order chi connectivity index (χ0) is 40.3. The van der Waals surface area contributed by atoms with Crippen LogP contribution < -0.4 is 20.1 Å². The summed E-state index contributed by atoms with van der Waals surface area (Å²) < 4.78 is 35.5. The number of carbonyl (C=O) groups excluding carboxylic acids is 2. The summed E-state index contributed by atoms with van der Waals surface area (Å²) in [5.41, 5.74) is -2.42. The van der Waals surface area contributed by atoms with Crippen molar-refractivity contribution in [2.45, 2.75) is 150 Å². The Morgan fingerprint density at radius 2 is 1.42 bits per heavy atom. The molecule has 12 nitrogen and oxygen atoms in total. The largest absolute Gasteiger partial charge is 0.493 e. The molecule has 0 aromatic heterocycles. The van der Waals surface area contributed by atoms with Gasteiger partial charge in [0.05, 0.1) is 25.7 Å². The molecule has 3 N–H and O–H groups in total. The molecule has 0 aliphatic carbocycles. The lowest BCUT2D eigenvalue weighted by atomic mass is 9.79. The molecule has 0 spiro atoms. The Kier molecular flexibility index (Phi) is 17.5. The van der Waals surface area contributed by atoms with Crippen molar-refractivity contribution in [2.24, 2.45) is 17.8 Å². The van der Waals surface area contributed by atoms with Crippen molar-refractivity contribution in [3.63, 3.8) is 0 Å². The summed E-state index contributed by atoms with van der Waals surface area (Å²) in [5, 5.41) is 16.0. The number of hydrogen-bond donors (Lipinski definition) is 3. The molecule has 0 aliphatic rings. The highest BCUT2D eigenvalue weighted by atomic mass is 28.4. The van der Waals surface area contributed by atoms with Crippen molar-refractivity contribution in [3.05, 3.63) is 23.8 Å². The molecule has 1 rings (SSSR count). The fourth-order valence-corrected chi connectivity index (χ4v) is 6.90. The van der Waals surface area contributed by atoms with Gasteiger partial charge in [-0.25, -0.2) is 9.59 Å². The van der Waals surface area contributed by atoms with Gasteiger partial charge in [0, 0.05) is 26.6 Å². The number of carboxylic acid groups (broad SMARTS) is 1. The first kappa shape index (κ1) is 47.0. The summed E-state index contributed by atoms with van der Waals surface area (Å²) >= 11 is 0. The third-order valence-electron chi connectivity index (χ3n) is 9.20. The Labute approximate surface area is 314 Å². The average Bonchev–Trinajstić information content (AvgIpc) is 2.95. The molecule has 300 valence electrons. The van der Waals surface area contributed by atoms with Crippen molar-refractivity contribution < 1.29 is 47.6 Å². The molecular weight excluding hydrogens is 685 g/mol. The fourth-order valence-electron chi connectivity index (χ4n) is 5.40. The Bertz CT molecular complexity index is 1300. The van der Waals surface area contributed by atoms with Gasteiger partial charge in [-0.3, -0.25) is 10.1 Å². The second-order valence-corrected chi connectivity index (χ2v) is 22.4. The number of alkyl carbamates (subject to hydrolysis) is 2. The lowest BCUT2D eigenvalue weighted by Gasteiger charge is -2.50. The van der Waals surface area contributed by atoms with Crippen LogP contribution in [0.4, 0.5) is 9.59 Å². The van der Waals surface area contributed by atoms with Crippen LogP contribution in [0.15, 0.2) is 18.2 Å². The molecule has 0 bridgehead atoms. The third-order valence-corrected chi connectivity index (χ3v) is 13.7. The van der Waals surface area contributed by atoms with E-state index in [4.69, 9.17) is 28.1 Å². The van der Waals surface area contributed by atoms with E-state index < -0.39 is 55.4 Å². The van der Waals surface area contributed by atoms with E-state index in [1.807, 2.05) is 31.3 Å². The molecule has 13 heteroatoms. The number of rotatable bonds is 19. The van der Waals surface area contributed by atoms with E-state index in [9.17, 15) is 19.5 Å². The van der Waals surface area contributed by atoms with Crippen molar-refractivity contribution in [1.82, 2.24) is 10.6 Å². The lowest BCUT2D eigenvalue weighted by molar-refractivity contribution is -0.144. The highest BCUT2D eigenvalue weighted by molar-refractivity contribution is 6.74. The zero-order valence-electron chi connectivity index (χ0n) is 34.9. The number of hydrogen-bond acceptors (Lipinski definition) is 9. The van der Waals surface area contributed by atoms with Gasteiger partial charge in [-0.15, -0.1) is 0 Å². The van der Waals surface area contributed by atoms with E-state index in [2.05, 4.69) is 45.3 Å². The number of nitrogens with one attached hydrogen (secondary N) is 2. The monoisotopic (exact) mass is 754 g/mol. The fraction of sp³-hybridized carbons (Fsp3) is 0.769. The molecule has 1 aromatic rings. The molecule has 0 saturated heterocycles. The van der Waals surface area contributed by atoms with E-state index in [0.717, 1.165) is 5.56 Å². The van der Waals surface area contributed by atoms with Crippen molar-refractivity contribution in [1.29, 1.82) is 0 Å². The predicted octanol–water partition coefficient (Wildman–Crippen LogP) is 8.56. The molecule has 4 atom stereocenters. The van der Waals surface area contributed by atoms with Crippen LogP contribution in [-0.4, -0.2) is 82.0 Å². The molecule has 1 aromatic carbocycles. The van der Waals surface area contributed by atoms with Gasteiger partial charge in [0.2, 0.25) is 0 Å². The molecule has 0 aliphatic heterocycles. The molecule has 0 saturated carbocycles. The van der Waals surface area contributed by atoms with Crippen LogP contribution in [0.3, 0.4) is 0 Å². The van der Waals surface area contributed by atoms with Crippen LogP contribution in [-0.2, 0) is 29.9 Å². The summed E-state index contributed by atoms with van der Waals surface area (Å²) in [5.74, 6) is -0.837. The first-order chi connectivity index (χ1) is 23.6. The summed E-state index contributed by atoms with van der Waals surface area (Å²) in [4.78, 5) is 40.0. The number of benzene rings is 1. The zero-order valence-corrected chi connectivity index (χ0v) is 35.9. The summed E-state index contributed by atoms with van der Waals surface area (Å²) in [6.45, 7) is 27.6. The molecule has 0 fully saturated rings. The van der Waals surface area contributed by atoms with Crippen LogP contribution in [0.1, 0.15) is 108 Å². The maximum absolute atomic E-state index is 13.8. The van der Waals surface area contributed by atoms with Gasteiger partial charge in [-0.05, 0) is 102 Å². The summed E-state index contributed by atoms with van der Waals surface area (Å²) in [6, 6.07) is 4.87. The Morgan fingerprint density at radius 3 is 1.90 bits per heavy atom. The minimum Gasteiger partial charge on any atom is -0.493 e. The van der Waals surface area contributed by atoms with Crippen LogP contribution >= 0.6 is 0 Å². The van der Waals surface area contributed by atoms with E-state index in [0.29, 0.717) is 44.0 Å². The van der Waals surface area contributed by atoms with Gasteiger partial charge in [0.25, 0.3) is 0 Å². The molecule has 2 amide bonds. The second-order valence-electron chi connectivity index (χ2n) is 17.6. The molecule has 0 radical (unpaired) electrons. The van der Waals surface area contributed by atoms with E-state index in [1.165, 1.54) is 0 Å². The lowest BCUT2D eigenvalue weighted by Crippen LogP contribution is -2.69. The number of carbonyl (C=O) groups is 3. The first-order valence-corrected chi connectivity index (χ1v) is 21.3. The van der Waals surface area contributed by atoms with Crippen LogP contribution in [0.5, 0.6) is 11.5 Å². The van der Waals surface area contributed by atoms with Gasteiger partial charge < -0.3 is 38.5 Å². The number of ether oxygens (including phenoxy) is 5. The molecule has 0 unspecified atom stereocenters. The molecular formula is C39H70N2O10Si. The average molecular weight is 755 g/mol. The molecule has 52 heavy (non-hydrogen) atoms. The summed E-state index contributed by atoms with van der Waals surface area (Å²) in [6.07, 6.45) is -0.0727. The van der Waals surface area contributed by atoms with Crippen LogP contribution in [0.2, 0.25) is 18.1 Å². The van der Waals surface area contributed by atoms with Crippen molar-refractivity contribution >= 4 is 26.5 Å². The van der Waals surface area contributed by atoms with Crippen molar-refractivity contribution in [3.8, 4) is 11.5 Å². The highest BCUT2D eigenvalue weighted by Crippen LogP contribution is 2.43. The molecule has 0 heterocycles. The van der Waals surface area contributed by atoms with Crippen LogP contribution in [0.25, 0.3) is 0 Å². The number of aliphatic carboxylic acids is 1. The van der Waals surface area contributed by atoms with E-state index >= 15 is 0 Å². The van der Waals surface area contributed by atoms with Gasteiger partial charge in [-0.2, -0.15) is 0 Å². The highest BCUT2D eigenvalue weighted by Gasteiger charge is 2.52. The van der Waals surface area contributed by atoms with Gasteiger partial charge in [0.1, 0.15) is 11.2 Å². The Hall–Kier alpha value is -3.03. The van der Waals surface area contributed by atoms with E-state index in [-0.39, 0.29) is 23.3 Å². The van der Waals surface area contributed by atoms with E-state index in [1.54, 1.807) is 62.7 Å². The third kappa shape index (κ3) is 15.9. The topological polar surface area (TPSA) is 151 Å². The SMILES string of the molecule is COCCCOc1cc(C[C@@H](C[C@H](NC(=O)OC(C)(C)C)[C@@](C[C@@H](C)C(=O)O)(NC(=O)OC(C)(C)C)O[Si](C)(C)C(C)(C)C)C(C)C)ccc1OC. The van der Waals surface area contributed by atoms with Gasteiger partial charge in [0.15, 0.2) is 25.5 Å². The van der Waals surface area contributed by atoms with Gasteiger partial charge in [-0.1, -0.05) is 47.6 Å². The normalized spacial score (nSPS) is 15.6. The predicted molar refractivity (Wildman–Crippen MR) is 207 cm³/mol. The summed E-state index contributed by atoms with van der Waals surface area (Å²) in [7, 11) is 0.432. The number of methoxy groups -OCH3 is 2. The van der Waals surface area contributed by atoms with Crippen molar-refractivity contribution in [2.75, 3.05) is 27.4 Å².